The lowest BCUT2D eigenvalue weighted by Gasteiger charge is -2.05. The van der Waals surface area contributed by atoms with Crippen molar-refractivity contribution in [3.8, 4) is 0 Å². The summed E-state index contributed by atoms with van der Waals surface area (Å²) in [5.41, 5.74) is 0.0360. The second-order valence-electron chi connectivity index (χ2n) is 3.93. The number of nitrogens with zero attached hydrogens (tertiary/aromatic N) is 4. The van der Waals surface area contributed by atoms with E-state index in [0.717, 1.165) is 10.9 Å². The van der Waals surface area contributed by atoms with E-state index < -0.39 is 16.8 Å². The third-order valence-corrected chi connectivity index (χ3v) is 2.49. The summed E-state index contributed by atoms with van der Waals surface area (Å²) in [5.74, 6) is -1.78. The van der Waals surface area contributed by atoms with Crippen LogP contribution in [0.1, 0.15) is 10.5 Å². The fourth-order valence-electron chi connectivity index (χ4n) is 1.54. The molecule has 0 atom stereocenters. The fraction of sp³-hybridized carbons (Fsp3) is 0.0909. The van der Waals surface area contributed by atoms with Gasteiger partial charge in [0.2, 0.25) is 5.91 Å². The highest BCUT2D eigenvalue weighted by Gasteiger charge is 2.14. The van der Waals surface area contributed by atoms with Crippen molar-refractivity contribution in [2.24, 2.45) is 0 Å². The topological polar surface area (TPSA) is 140 Å². The van der Waals surface area contributed by atoms with Crippen LogP contribution >= 0.6 is 0 Å². The quantitative estimate of drug-likeness (QED) is 0.604. The Morgan fingerprint density at radius 1 is 1.33 bits per heavy atom. The number of aromatic nitrogens is 3. The predicted molar refractivity (Wildman–Crippen MR) is 68.7 cm³/mol. The number of nitrogens with one attached hydrogen (secondary N) is 1. The number of amides is 1. The Morgan fingerprint density at radius 3 is 2.57 bits per heavy atom. The first kappa shape index (κ1) is 14.1. The van der Waals surface area contributed by atoms with E-state index in [2.05, 4.69) is 15.6 Å². The molecule has 10 heteroatoms. The standard InChI is InChI=1S/C11H9N5O5/c17-10(6-15-9(11(18)19)5-12-14-15)13-7-1-3-8(4-2-7)16(20)21/h1-5H,6H2,(H,13,17)(H,18,19). The third-order valence-electron chi connectivity index (χ3n) is 2.49. The normalized spacial score (nSPS) is 10.1. The molecule has 0 fully saturated rings. The van der Waals surface area contributed by atoms with Gasteiger partial charge in [0.15, 0.2) is 5.69 Å². The van der Waals surface area contributed by atoms with Gasteiger partial charge in [-0.15, -0.1) is 5.10 Å². The number of nitro groups is 1. The van der Waals surface area contributed by atoms with E-state index in [4.69, 9.17) is 5.11 Å². The zero-order chi connectivity index (χ0) is 15.4. The van der Waals surface area contributed by atoms with Crippen molar-refractivity contribution in [1.82, 2.24) is 15.0 Å². The molecule has 0 aliphatic rings. The van der Waals surface area contributed by atoms with Crippen LogP contribution in [0.5, 0.6) is 0 Å². The Kier molecular flexibility index (Phi) is 3.88. The molecule has 2 N–H and O–H groups in total. The molecule has 0 aliphatic heterocycles. The summed E-state index contributed by atoms with van der Waals surface area (Å²) in [4.78, 5) is 32.5. The molecule has 1 aromatic carbocycles. The van der Waals surface area contributed by atoms with Gasteiger partial charge < -0.3 is 10.4 Å². The summed E-state index contributed by atoms with van der Waals surface area (Å²) >= 11 is 0. The highest BCUT2D eigenvalue weighted by molar-refractivity contribution is 5.91. The van der Waals surface area contributed by atoms with Crippen molar-refractivity contribution >= 4 is 23.3 Å². The van der Waals surface area contributed by atoms with Gasteiger partial charge in [0.05, 0.1) is 11.1 Å². The van der Waals surface area contributed by atoms with E-state index in [-0.39, 0.29) is 17.9 Å². The number of carbonyl (C=O) groups excluding carboxylic acids is 1. The Labute approximate surface area is 117 Å². The number of nitro benzene ring substituents is 1. The molecular weight excluding hydrogens is 282 g/mol. The molecule has 2 rings (SSSR count). The molecule has 0 aliphatic carbocycles. The molecule has 1 aromatic heterocycles. The molecule has 1 heterocycles. The van der Waals surface area contributed by atoms with Crippen LogP contribution in [0.3, 0.4) is 0 Å². The Morgan fingerprint density at radius 2 is 2.00 bits per heavy atom. The van der Waals surface area contributed by atoms with Crippen molar-refractivity contribution < 1.29 is 19.6 Å². The summed E-state index contributed by atoms with van der Waals surface area (Å²) < 4.78 is 0.934. The van der Waals surface area contributed by atoms with Crippen LogP contribution in [-0.4, -0.2) is 36.9 Å². The lowest BCUT2D eigenvalue weighted by atomic mass is 10.3. The predicted octanol–water partition coefficient (Wildman–Crippen LogP) is 0.523. The first-order valence-electron chi connectivity index (χ1n) is 5.63. The maximum absolute atomic E-state index is 11.7. The van der Waals surface area contributed by atoms with Gasteiger partial charge in [-0.3, -0.25) is 14.9 Å². The van der Waals surface area contributed by atoms with E-state index in [0.29, 0.717) is 5.69 Å². The molecular formula is C11H9N5O5. The summed E-state index contributed by atoms with van der Waals surface area (Å²) in [6.45, 7) is -0.335. The van der Waals surface area contributed by atoms with Crippen LogP contribution < -0.4 is 5.32 Å². The number of hydrogen-bond donors (Lipinski definition) is 2. The molecule has 108 valence electrons. The summed E-state index contributed by atoms with van der Waals surface area (Å²) in [5, 5.41) is 28.7. The van der Waals surface area contributed by atoms with E-state index in [1.165, 1.54) is 24.3 Å². The number of carboxylic acids is 1. The first-order valence-corrected chi connectivity index (χ1v) is 5.63. The van der Waals surface area contributed by atoms with Gasteiger partial charge in [0.1, 0.15) is 6.54 Å². The molecule has 0 saturated carbocycles. The minimum Gasteiger partial charge on any atom is -0.476 e. The zero-order valence-corrected chi connectivity index (χ0v) is 10.5. The zero-order valence-electron chi connectivity index (χ0n) is 10.5. The minimum absolute atomic E-state index is 0.0996. The molecule has 0 saturated heterocycles. The highest BCUT2D eigenvalue weighted by atomic mass is 16.6. The van der Waals surface area contributed by atoms with Gasteiger partial charge in [-0.25, -0.2) is 9.48 Å². The number of carbonyl (C=O) groups is 2. The Bertz CT molecular complexity index is 693. The van der Waals surface area contributed by atoms with Crippen molar-refractivity contribution in [3.05, 3.63) is 46.3 Å². The van der Waals surface area contributed by atoms with Gasteiger partial charge in [0, 0.05) is 17.8 Å². The maximum Gasteiger partial charge on any atom is 0.355 e. The number of anilines is 1. The van der Waals surface area contributed by atoms with Crippen LogP contribution in [0.15, 0.2) is 30.5 Å². The maximum atomic E-state index is 11.7. The second kappa shape index (κ2) is 5.77. The van der Waals surface area contributed by atoms with Gasteiger partial charge in [-0.2, -0.15) is 0 Å². The molecule has 0 radical (unpaired) electrons. The SMILES string of the molecule is O=C(Cn1nncc1C(=O)O)Nc1ccc([N+](=O)[O-])cc1. The van der Waals surface area contributed by atoms with E-state index in [9.17, 15) is 19.7 Å². The van der Waals surface area contributed by atoms with Crippen LogP contribution in [-0.2, 0) is 11.3 Å². The lowest BCUT2D eigenvalue weighted by Crippen LogP contribution is -2.22. The van der Waals surface area contributed by atoms with Crippen LogP contribution in [0.4, 0.5) is 11.4 Å². The average Bonchev–Trinajstić information content (AvgIpc) is 2.87. The fourth-order valence-corrected chi connectivity index (χ4v) is 1.54. The number of carboxylic acid groups (broad SMARTS) is 1. The van der Waals surface area contributed by atoms with Gasteiger partial charge in [-0.1, -0.05) is 5.21 Å². The summed E-state index contributed by atoms with van der Waals surface area (Å²) in [6, 6.07) is 5.23. The van der Waals surface area contributed by atoms with Crippen LogP contribution in [0.25, 0.3) is 0 Å². The smallest absolute Gasteiger partial charge is 0.355 e. The number of benzene rings is 1. The average molecular weight is 291 g/mol. The number of hydrogen-bond acceptors (Lipinski definition) is 6. The van der Waals surface area contributed by atoms with E-state index in [1.54, 1.807) is 0 Å². The van der Waals surface area contributed by atoms with Crippen molar-refractivity contribution in [3.63, 3.8) is 0 Å². The highest BCUT2D eigenvalue weighted by Crippen LogP contribution is 2.15. The molecule has 21 heavy (non-hydrogen) atoms. The molecule has 1 amide bonds. The number of aromatic carboxylic acids is 1. The van der Waals surface area contributed by atoms with Gasteiger partial charge in [0.25, 0.3) is 5.69 Å². The van der Waals surface area contributed by atoms with Crippen molar-refractivity contribution in [2.75, 3.05) is 5.32 Å². The second-order valence-corrected chi connectivity index (χ2v) is 3.93. The monoisotopic (exact) mass is 291 g/mol. The molecule has 10 nitrogen and oxygen atoms in total. The van der Waals surface area contributed by atoms with E-state index in [1.807, 2.05) is 0 Å². The number of rotatable bonds is 5. The van der Waals surface area contributed by atoms with E-state index >= 15 is 0 Å². The lowest BCUT2D eigenvalue weighted by molar-refractivity contribution is -0.384. The third kappa shape index (κ3) is 3.37. The number of non-ortho nitro benzene ring substituents is 1. The van der Waals surface area contributed by atoms with Crippen molar-refractivity contribution in [2.45, 2.75) is 6.54 Å². The van der Waals surface area contributed by atoms with Crippen LogP contribution in [0, 0.1) is 10.1 Å². The largest absolute Gasteiger partial charge is 0.476 e. The summed E-state index contributed by atoms with van der Waals surface area (Å²) in [7, 11) is 0. The molecule has 0 bridgehead atoms. The van der Waals surface area contributed by atoms with Crippen molar-refractivity contribution in [1.29, 1.82) is 0 Å². The summed E-state index contributed by atoms with van der Waals surface area (Å²) in [6.07, 6.45) is 1.03. The van der Waals surface area contributed by atoms with Gasteiger partial charge >= 0.3 is 5.97 Å². The van der Waals surface area contributed by atoms with Gasteiger partial charge in [-0.05, 0) is 12.1 Å². The molecule has 0 spiro atoms. The minimum atomic E-state index is -1.25. The first-order chi connectivity index (χ1) is 9.97. The molecule has 0 unspecified atom stereocenters. The molecule has 2 aromatic rings. The Balaban J connectivity index is 2.03. The van der Waals surface area contributed by atoms with Crippen LogP contribution in [0.2, 0.25) is 0 Å². The Hall–Kier alpha value is -3.30.